The van der Waals surface area contributed by atoms with Crippen LogP contribution in [-0.4, -0.2) is 38.3 Å². The first kappa shape index (κ1) is 13.6. The Hall–Kier alpha value is -0.870. The fourth-order valence-electron chi connectivity index (χ4n) is 3.10. The fourth-order valence-corrected chi connectivity index (χ4v) is 3.10. The van der Waals surface area contributed by atoms with Crippen LogP contribution >= 0.6 is 0 Å². The predicted molar refractivity (Wildman–Crippen MR) is 71.3 cm³/mol. The summed E-state index contributed by atoms with van der Waals surface area (Å²) in [6.45, 7) is 6.52. The summed E-state index contributed by atoms with van der Waals surface area (Å²) in [7, 11) is 0. The third-order valence-corrected chi connectivity index (χ3v) is 4.04. The first-order chi connectivity index (χ1) is 8.83. The molecule has 102 valence electrons. The molecule has 0 aromatic heterocycles. The van der Waals surface area contributed by atoms with Gasteiger partial charge in [0.1, 0.15) is 0 Å². The van der Waals surface area contributed by atoms with Gasteiger partial charge in [-0.1, -0.05) is 12.5 Å². The lowest BCUT2D eigenvalue weighted by molar-refractivity contribution is -0.124. The van der Waals surface area contributed by atoms with E-state index in [-0.39, 0.29) is 11.9 Å². The molecule has 2 aliphatic rings. The van der Waals surface area contributed by atoms with Gasteiger partial charge in [0.05, 0.1) is 19.3 Å². The van der Waals surface area contributed by atoms with Crippen molar-refractivity contribution in [1.82, 2.24) is 10.6 Å². The van der Waals surface area contributed by atoms with Crippen LogP contribution in [0.5, 0.6) is 0 Å². The average molecular weight is 252 g/mol. The summed E-state index contributed by atoms with van der Waals surface area (Å²) >= 11 is 0. The van der Waals surface area contributed by atoms with Crippen molar-refractivity contribution in [2.45, 2.75) is 31.7 Å². The number of hydrogen-bond acceptors (Lipinski definition) is 3. The molecule has 3 unspecified atom stereocenters. The van der Waals surface area contributed by atoms with Gasteiger partial charge in [-0.15, -0.1) is 6.58 Å². The van der Waals surface area contributed by atoms with Gasteiger partial charge in [0.2, 0.25) is 5.91 Å². The molecule has 4 heteroatoms. The molecule has 0 bridgehead atoms. The van der Waals surface area contributed by atoms with Crippen molar-refractivity contribution in [3.8, 4) is 0 Å². The highest BCUT2D eigenvalue weighted by Crippen LogP contribution is 2.37. The van der Waals surface area contributed by atoms with Gasteiger partial charge in [-0.25, -0.2) is 0 Å². The first-order valence-electron chi connectivity index (χ1n) is 7.02. The van der Waals surface area contributed by atoms with Gasteiger partial charge in [-0.3, -0.25) is 4.79 Å². The second-order valence-electron chi connectivity index (χ2n) is 5.22. The van der Waals surface area contributed by atoms with Gasteiger partial charge in [-0.2, -0.15) is 0 Å². The Balaban J connectivity index is 1.61. The zero-order valence-electron chi connectivity index (χ0n) is 11.0. The third-order valence-electron chi connectivity index (χ3n) is 4.04. The molecule has 0 spiro atoms. The normalized spacial score (nSPS) is 30.1. The number of nitrogens with one attached hydrogen (secondary N) is 2. The maximum Gasteiger partial charge on any atom is 0.237 e. The van der Waals surface area contributed by atoms with Crippen molar-refractivity contribution < 1.29 is 9.53 Å². The number of carbonyl (C=O) groups excluding carboxylic acids is 1. The van der Waals surface area contributed by atoms with Crippen molar-refractivity contribution >= 4 is 5.91 Å². The van der Waals surface area contributed by atoms with Crippen LogP contribution in [0.3, 0.4) is 0 Å². The van der Waals surface area contributed by atoms with Gasteiger partial charge in [0, 0.05) is 6.54 Å². The van der Waals surface area contributed by atoms with E-state index in [1.807, 2.05) is 6.08 Å². The minimum atomic E-state index is 0.0330. The van der Waals surface area contributed by atoms with E-state index < -0.39 is 0 Å². The smallest absolute Gasteiger partial charge is 0.237 e. The molecule has 1 saturated heterocycles. The van der Waals surface area contributed by atoms with Crippen LogP contribution in [0, 0.1) is 11.8 Å². The molecule has 1 saturated carbocycles. The van der Waals surface area contributed by atoms with Crippen molar-refractivity contribution in [3.63, 3.8) is 0 Å². The molecule has 0 aromatic carbocycles. The van der Waals surface area contributed by atoms with E-state index in [2.05, 4.69) is 17.2 Å². The topological polar surface area (TPSA) is 50.4 Å². The van der Waals surface area contributed by atoms with Gasteiger partial charge < -0.3 is 15.4 Å². The standard InChI is InChI=1S/C14H24N2O2/c1-2-3-8-18-9-7-15-14(17)13-12-6-4-5-11(12)10-16-13/h2,11-13,16H,1,3-10H2,(H,15,17). The molecule has 1 aliphatic heterocycles. The molecule has 2 fully saturated rings. The zero-order valence-corrected chi connectivity index (χ0v) is 11.0. The number of ether oxygens (including phenoxy) is 1. The minimum absolute atomic E-state index is 0.0330. The lowest BCUT2D eigenvalue weighted by Gasteiger charge is -2.17. The van der Waals surface area contributed by atoms with Crippen LogP contribution in [0.1, 0.15) is 25.7 Å². The van der Waals surface area contributed by atoms with E-state index in [1.165, 1.54) is 19.3 Å². The summed E-state index contributed by atoms with van der Waals surface area (Å²) in [4.78, 5) is 12.0. The predicted octanol–water partition coefficient (Wildman–Crippen LogP) is 1.08. The van der Waals surface area contributed by atoms with Crippen LogP contribution < -0.4 is 10.6 Å². The van der Waals surface area contributed by atoms with E-state index in [0.717, 1.165) is 18.9 Å². The molecule has 0 radical (unpaired) electrons. The lowest BCUT2D eigenvalue weighted by atomic mass is 9.94. The van der Waals surface area contributed by atoms with Gasteiger partial charge in [-0.05, 0) is 37.6 Å². The summed E-state index contributed by atoms with van der Waals surface area (Å²) in [6.07, 6.45) is 6.46. The molecular weight excluding hydrogens is 228 g/mol. The van der Waals surface area contributed by atoms with E-state index in [1.54, 1.807) is 0 Å². The number of carbonyl (C=O) groups is 1. The van der Waals surface area contributed by atoms with Gasteiger partial charge >= 0.3 is 0 Å². The maximum absolute atomic E-state index is 12.0. The van der Waals surface area contributed by atoms with Crippen LogP contribution in [-0.2, 0) is 9.53 Å². The van der Waals surface area contributed by atoms with Crippen molar-refractivity contribution in [2.24, 2.45) is 11.8 Å². The van der Waals surface area contributed by atoms with Gasteiger partial charge in [0.25, 0.3) is 0 Å². The highest BCUT2D eigenvalue weighted by atomic mass is 16.5. The number of fused-ring (bicyclic) bond motifs is 1. The van der Waals surface area contributed by atoms with Crippen LogP contribution in [0.4, 0.5) is 0 Å². The second-order valence-corrected chi connectivity index (χ2v) is 5.22. The molecule has 1 aliphatic carbocycles. The summed E-state index contributed by atoms with van der Waals surface area (Å²) in [6, 6.07) is 0.0330. The van der Waals surface area contributed by atoms with E-state index in [0.29, 0.717) is 25.7 Å². The Morgan fingerprint density at radius 3 is 3.17 bits per heavy atom. The summed E-state index contributed by atoms with van der Waals surface area (Å²) in [5.41, 5.74) is 0. The monoisotopic (exact) mass is 252 g/mol. The van der Waals surface area contributed by atoms with Crippen LogP contribution in [0.15, 0.2) is 12.7 Å². The summed E-state index contributed by atoms with van der Waals surface area (Å²) in [5.74, 6) is 1.44. The molecule has 4 nitrogen and oxygen atoms in total. The highest BCUT2D eigenvalue weighted by molar-refractivity contribution is 5.82. The largest absolute Gasteiger partial charge is 0.379 e. The molecule has 3 atom stereocenters. The highest BCUT2D eigenvalue weighted by Gasteiger charge is 2.42. The Kier molecular flexibility index (Phi) is 5.20. The average Bonchev–Trinajstić information content (AvgIpc) is 2.95. The first-order valence-corrected chi connectivity index (χ1v) is 7.02. The summed E-state index contributed by atoms with van der Waals surface area (Å²) in [5, 5.41) is 6.32. The Labute approximate surface area is 109 Å². The van der Waals surface area contributed by atoms with E-state index in [9.17, 15) is 4.79 Å². The van der Waals surface area contributed by atoms with Gasteiger partial charge in [0.15, 0.2) is 0 Å². The number of hydrogen-bond donors (Lipinski definition) is 2. The number of rotatable bonds is 7. The van der Waals surface area contributed by atoms with E-state index in [4.69, 9.17) is 4.74 Å². The number of amides is 1. The van der Waals surface area contributed by atoms with E-state index >= 15 is 0 Å². The summed E-state index contributed by atoms with van der Waals surface area (Å²) < 4.78 is 5.37. The van der Waals surface area contributed by atoms with Crippen LogP contribution in [0.2, 0.25) is 0 Å². The molecular formula is C14H24N2O2. The third kappa shape index (κ3) is 3.33. The second kappa shape index (κ2) is 6.90. The van der Waals surface area contributed by atoms with Crippen molar-refractivity contribution in [1.29, 1.82) is 0 Å². The Morgan fingerprint density at radius 2 is 2.33 bits per heavy atom. The molecule has 18 heavy (non-hydrogen) atoms. The Morgan fingerprint density at radius 1 is 1.44 bits per heavy atom. The molecule has 0 aromatic rings. The zero-order chi connectivity index (χ0) is 12.8. The molecule has 2 rings (SSSR count). The lowest BCUT2D eigenvalue weighted by Crippen LogP contribution is -2.44. The quantitative estimate of drug-likeness (QED) is 0.526. The van der Waals surface area contributed by atoms with Crippen molar-refractivity contribution in [3.05, 3.63) is 12.7 Å². The molecule has 1 amide bonds. The SMILES string of the molecule is C=CCCOCCNC(=O)C1NCC2CCCC21. The maximum atomic E-state index is 12.0. The minimum Gasteiger partial charge on any atom is -0.379 e. The Bertz CT molecular complexity index is 294. The molecule has 2 N–H and O–H groups in total. The molecule has 1 heterocycles. The fraction of sp³-hybridized carbons (Fsp3) is 0.786. The van der Waals surface area contributed by atoms with Crippen molar-refractivity contribution in [2.75, 3.05) is 26.3 Å². The van der Waals surface area contributed by atoms with Crippen LogP contribution in [0.25, 0.3) is 0 Å².